The smallest absolute Gasteiger partial charge is 0.254 e. The lowest BCUT2D eigenvalue weighted by molar-refractivity contribution is 0.0698. The van der Waals surface area contributed by atoms with Gasteiger partial charge in [0, 0.05) is 21.9 Å². The molecule has 1 unspecified atom stereocenters. The molecule has 1 aromatic carbocycles. The molecule has 2 aromatic heterocycles. The summed E-state index contributed by atoms with van der Waals surface area (Å²) in [5, 5.41) is 13.2. The molecular formula is C19H14N2OS2. The molecule has 0 radical (unpaired) electrons. The molecule has 0 bridgehead atoms. The zero-order valence-corrected chi connectivity index (χ0v) is 14.4. The number of nitriles is 1. The normalized spacial score (nSPS) is 16.5. The van der Waals surface area contributed by atoms with E-state index in [2.05, 4.69) is 29.0 Å². The summed E-state index contributed by atoms with van der Waals surface area (Å²) in [5.41, 5.74) is 2.33. The number of fused-ring (bicyclic) bond motifs is 1. The summed E-state index contributed by atoms with van der Waals surface area (Å²) in [5.74, 6) is -0.0117. The maximum absolute atomic E-state index is 13.1. The highest BCUT2D eigenvalue weighted by atomic mass is 32.1. The van der Waals surface area contributed by atoms with Crippen LogP contribution in [0.25, 0.3) is 0 Å². The third-order valence-corrected chi connectivity index (χ3v) is 6.20. The molecule has 3 heterocycles. The third kappa shape index (κ3) is 2.54. The van der Waals surface area contributed by atoms with Crippen LogP contribution in [0.4, 0.5) is 0 Å². The van der Waals surface area contributed by atoms with Gasteiger partial charge in [0.15, 0.2) is 0 Å². The fourth-order valence-electron chi connectivity index (χ4n) is 3.18. The minimum Gasteiger partial charge on any atom is -0.326 e. The molecule has 0 fully saturated rings. The van der Waals surface area contributed by atoms with E-state index in [1.165, 1.54) is 15.3 Å². The standard InChI is InChI=1S/C19H14N2OS2/c20-12-13-3-1-4-14(11-13)19(22)21-8-6-16-15(7-10-24-16)18(21)17-5-2-9-23-17/h1-5,7,9-11,18H,6,8H2. The first-order chi connectivity index (χ1) is 11.8. The number of hydrogen-bond donors (Lipinski definition) is 0. The number of carbonyl (C=O) groups excluding carboxylic acids is 1. The quantitative estimate of drug-likeness (QED) is 0.684. The Balaban J connectivity index is 1.76. The van der Waals surface area contributed by atoms with E-state index in [0.717, 1.165) is 6.42 Å². The lowest BCUT2D eigenvalue weighted by Gasteiger charge is -2.35. The first-order valence-electron chi connectivity index (χ1n) is 7.69. The van der Waals surface area contributed by atoms with Crippen LogP contribution in [0.15, 0.2) is 53.2 Å². The van der Waals surface area contributed by atoms with E-state index < -0.39 is 0 Å². The van der Waals surface area contributed by atoms with E-state index in [-0.39, 0.29) is 11.9 Å². The third-order valence-electron chi connectivity index (χ3n) is 4.28. The fourth-order valence-corrected chi connectivity index (χ4v) is 4.93. The van der Waals surface area contributed by atoms with Gasteiger partial charge in [-0.25, -0.2) is 0 Å². The Morgan fingerprint density at radius 1 is 1.17 bits per heavy atom. The van der Waals surface area contributed by atoms with Crippen LogP contribution in [-0.4, -0.2) is 17.4 Å². The summed E-state index contributed by atoms with van der Waals surface area (Å²) in [6.07, 6.45) is 0.887. The molecule has 0 saturated heterocycles. The zero-order chi connectivity index (χ0) is 16.5. The molecule has 1 aliphatic rings. The Morgan fingerprint density at radius 2 is 2.08 bits per heavy atom. The van der Waals surface area contributed by atoms with Crippen molar-refractivity contribution >= 4 is 28.6 Å². The molecule has 3 nitrogen and oxygen atoms in total. The van der Waals surface area contributed by atoms with Gasteiger partial charge in [-0.1, -0.05) is 12.1 Å². The summed E-state index contributed by atoms with van der Waals surface area (Å²) in [4.78, 5) is 17.6. The number of rotatable bonds is 2. The van der Waals surface area contributed by atoms with Crippen LogP contribution in [-0.2, 0) is 6.42 Å². The molecule has 1 atom stereocenters. The number of hydrogen-bond acceptors (Lipinski definition) is 4. The Hall–Kier alpha value is -2.42. The van der Waals surface area contributed by atoms with Crippen molar-refractivity contribution in [1.82, 2.24) is 4.90 Å². The Bertz CT molecular complexity index is 921. The van der Waals surface area contributed by atoms with Crippen LogP contribution in [0, 0.1) is 11.3 Å². The largest absolute Gasteiger partial charge is 0.326 e. The average molecular weight is 350 g/mol. The van der Waals surface area contributed by atoms with Crippen LogP contribution in [0.1, 0.15) is 37.3 Å². The summed E-state index contributed by atoms with van der Waals surface area (Å²) >= 11 is 3.44. The molecule has 1 aliphatic heterocycles. The highest BCUT2D eigenvalue weighted by molar-refractivity contribution is 7.10. The number of amides is 1. The summed E-state index contributed by atoms with van der Waals surface area (Å²) in [6, 6.07) is 15.3. The second-order valence-corrected chi connectivity index (χ2v) is 7.64. The van der Waals surface area contributed by atoms with Gasteiger partial charge in [-0.3, -0.25) is 4.79 Å². The molecule has 0 spiro atoms. The Morgan fingerprint density at radius 3 is 2.88 bits per heavy atom. The molecule has 0 N–H and O–H groups in total. The van der Waals surface area contributed by atoms with Gasteiger partial charge in [0.1, 0.15) is 0 Å². The molecule has 5 heteroatoms. The van der Waals surface area contributed by atoms with Crippen molar-refractivity contribution < 1.29 is 4.79 Å². The van der Waals surface area contributed by atoms with Crippen molar-refractivity contribution in [2.75, 3.05) is 6.54 Å². The molecule has 3 aromatic rings. The van der Waals surface area contributed by atoms with Crippen molar-refractivity contribution in [3.05, 3.63) is 79.7 Å². The van der Waals surface area contributed by atoms with Crippen LogP contribution in [0.2, 0.25) is 0 Å². The van der Waals surface area contributed by atoms with Crippen molar-refractivity contribution in [2.24, 2.45) is 0 Å². The maximum atomic E-state index is 13.1. The van der Waals surface area contributed by atoms with Crippen LogP contribution < -0.4 is 0 Å². The van der Waals surface area contributed by atoms with E-state index in [9.17, 15) is 4.79 Å². The van der Waals surface area contributed by atoms with E-state index >= 15 is 0 Å². The molecular weight excluding hydrogens is 336 g/mol. The van der Waals surface area contributed by atoms with Gasteiger partial charge < -0.3 is 4.90 Å². The number of nitrogens with zero attached hydrogens (tertiary/aromatic N) is 2. The van der Waals surface area contributed by atoms with Crippen LogP contribution >= 0.6 is 22.7 Å². The fraction of sp³-hybridized carbons (Fsp3) is 0.158. The van der Waals surface area contributed by atoms with E-state index in [0.29, 0.717) is 17.7 Å². The minimum atomic E-state index is -0.0294. The first kappa shape index (κ1) is 15.1. The number of benzene rings is 1. The molecule has 0 saturated carbocycles. The van der Waals surface area contributed by atoms with Gasteiger partial charge in [-0.15, -0.1) is 22.7 Å². The van der Waals surface area contributed by atoms with Crippen LogP contribution in [0.5, 0.6) is 0 Å². The van der Waals surface area contributed by atoms with Crippen LogP contribution in [0.3, 0.4) is 0 Å². The molecule has 1 amide bonds. The second kappa shape index (κ2) is 6.23. The van der Waals surface area contributed by atoms with Gasteiger partial charge in [-0.2, -0.15) is 5.26 Å². The van der Waals surface area contributed by atoms with E-state index in [4.69, 9.17) is 5.26 Å². The Labute approximate surface area is 148 Å². The molecule has 118 valence electrons. The van der Waals surface area contributed by atoms with Gasteiger partial charge in [0.05, 0.1) is 17.7 Å². The van der Waals surface area contributed by atoms with Crippen molar-refractivity contribution in [1.29, 1.82) is 5.26 Å². The topological polar surface area (TPSA) is 44.1 Å². The summed E-state index contributed by atoms with van der Waals surface area (Å²) in [7, 11) is 0. The van der Waals surface area contributed by atoms with Gasteiger partial charge in [0.25, 0.3) is 5.91 Å². The van der Waals surface area contributed by atoms with Gasteiger partial charge >= 0.3 is 0 Å². The lowest BCUT2D eigenvalue weighted by Crippen LogP contribution is -2.39. The van der Waals surface area contributed by atoms with E-state index in [1.807, 2.05) is 11.0 Å². The van der Waals surface area contributed by atoms with Crippen molar-refractivity contribution in [2.45, 2.75) is 12.5 Å². The Kier molecular flexibility index (Phi) is 3.93. The van der Waals surface area contributed by atoms with Crippen molar-refractivity contribution in [3.8, 4) is 6.07 Å². The second-order valence-electron chi connectivity index (χ2n) is 5.66. The summed E-state index contributed by atoms with van der Waals surface area (Å²) < 4.78 is 0. The highest BCUT2D eigenvalue weighted by Crippen LogP contribution is 2.40. The molecule has 0 aliphatic carbocycles. The highest BCUT2D eigenvalue weighted by Gasteiger charge is 2.33. The maximum Gasteiger partial charge on any atom is 0.254 e. The molecule has 24 heavy (non-hydrogen) atoms. The number of thiophene rings is 2. The SMILES string of the molecule is N#Cc1cccc(C(=O)N2CCc3sccc3C2c2cccs2)c1. The monoisotopic (exact) mass is 350 g/mol. The predicted octanol–water partition coefficient (Wildman–Crippen LogP) is 4.47. The average Bonchev–Trinajstić information content (AvgIpc) is 3.31. The van der Waals surface area contributed by atoms with Gasteiger partial charge in [0.2, 0.25) is 0 Å². The van der Waals surface area contributed by atoms with Gasteiger partial charge in [-0.05, 0) is 53.1 Å². The summed E-state index contributed by atoms with van der Waals surface area (Å²) in [6.45, 7) is 0.700. The molecule has 4 rings (SSSR count). The first-order valence-corrected chi connectivity index (χ1v) is 9.44. The predicted molar refractivity (Wildman–Crippen MR) is 96.4 cm³/mol. The lowest BCUT2D eigenvalue weighted by atomic mass is 9.97. The zero-order valence-electron chi connectivity index (χ0n) is 12.8. The van der Waals surface area contributed by atoms with E-state index in [1.54, 1.807) is 46.9 Å². The van der Waals surface area contributed by atoms with Crippen molar-refractivity contribution in [3.63, 3.8) is 0 Å². The minimum absolute atomic E-state index is 0.0117. The number of carbonyl (C=O) groups is 1.